The van der Waals surface area contributed by atoms with E-state index < -0.39 is 11.7 Å². The Labute approximate surface area is 91.6 Å². The molecule has 0 aliphatic heterocycles. The van der Waals surface area contributed by atoms with Crippen LogP contribution in [0, 0.1) is 0 Å². The Bertz CT molecular complexity index is 220. The van der Waals surface area contributed by atoms with Gasteiger partial charge in [-0.05, 0) is 27.2 Å². The van der Waals surface area contributed by atoms with Crippen LogP contribution in [0.15, 0.2) is 0 Å². The Morgan fingerprint density at radius 1 is 1.47 bits per heavy atom. The summed E-state index contributed by atoms with van der Waals surface area (Å²) in [5.41, 5.74) is -0.523. The van der Waals surface area contributed by atoms with Gasteiger partial charge in [0.25, 0.3) is 0 Å². The predicted molar refractivity (Wildman–Crippen MR) is 58.8 cm³/mol. The Hall–Kier alpha value is -1.06. The molecule has 4 nitrogen and oxygen atoms in total. The monoisotopic (exact) mass is 215 g/mol. The van der Waals surface area contributed by atoms with Crippen LogP contribution in [0.4, 0.5) is 4.79 Å². The lowest BCUT2D eigenvalue weighted by atomic mass is 10.1. The van der Waals surface area contributed by atoms with E-state index in [1.165, 1.54) is 4.90 Å². The molecular weight excluding hydrogens is 194 g/mol. The second-order valence-corrected chi connectivity index (χ2v) is 4.58. The van der Waals surface area contributed by atoms with E-state index in [-0.39, 0.29) is 6.04 Å². The van der Waals surface area contributed by atoms with Crippen molar-refractivity contribution in [2.24, 2.45) is 0 Å². The van der Waals surface area contributed by atoms with Crippen LogP contribution >= 0.6 is 0 Å². The van der Waals surface area contributed by atoms with Gasteiger partial charge in [0.1, 0.15) is 11.9 Å². The highest BCUT2D eigenvalue weighted by atomic mass is 16.6. The van der Waals surface area contributed by atoms with Gasteiger partial charge in [-0.3, -0.25) is 0 Å². The smallest absolute Gasteiger partial charge is 0.410 e. The van der Waals surface area contributed by atoms with Crippen molar-refractivity contribution in [3.05, 3.63) is 0 Å². The zero-order valence-corrected chi connectivity index (χ0v) is 10.2. The zero-order valence-electron chi connectivity index (χ0n) is 10.2. The van der Waals surface area contributed by atoms with E-state index in [1.807, 2.05) is 6.92 Å². The molecule has 1 unspecified atom stereocenters. The van der Waals surface area contributed by atoms with Crippen molar-refractivity contribution >= 4 is 12.4 Å². The lowest BCUT2D eigenvalue weighted by Crippen LogP contribution is -2.41. The van der Waals surface area contributed by atoms with Gasteiger partial charge in [0.05, 0.1) is 6.04 Å². The molecule has 0 saturated carbocycles. The summed E-state index contributed by atoms with van der Waals surface area (Å²) in [4.78, 5) is 23.7. The van der Waals surface area contributed by atoms with E-state index in [2.05, 4.69) is 0 Å². The highest BCUT2D eigenvalue weighted by Crippen LogP contribution is 2.11. The molecule has 0 fully saturated rings. The molecule has 1 atom stereocenters. The SMILES string of the molecule is CCCC(C=O)N(C)C(=O)OC(C)(C)C. The normalized spacial score (nSPS) is 13.1. The van der Waals surface area contributed by atoms with E-state index in [1.54, 1.807) is 27.8 Å². The number of ether oxygens (including phenoxy) is 1. The molecule has 0 spiro atoms. The molecule has 4 heteroatoms. The molecule has 0 aliphatic rings. The summed E-state index contributed by atoms with van der Waals surface area (Å²) in [5, 5.41) is 0. The summed E-state index contributed by atoms with van der Waals surface area (Å²) in [5.74, 6) is 0. The van der Waals surface area contributed by atoms with Gasteiger partial charge in [-0.25, -0.2) is 4.79 Å². The van der Waals surface area contributed by atoms with E-state index >= 15 is 0 Å². The minimum Gasteiger partial charge on any atom is -0.444 e. The summed E-state index contributed by atoms with van der Waals surface area (Å²) in [7, 11) is 1.59. The standard InChI is InChI=1S/C11H21NO3/c1-6-7-9(8-13)12(5)10(14)15-11(2,3)4/h8-9H,6-7H2,1-5H3. The summed E-state index contributed by atoms with van der Waals surface area (Å²) >= 11 is 0. The van der Waals surface area contributed by atoms with Crippen LogP contribution < -0.4 is 0 Å². The van der Waals surface area contributed by atoms with Gasteiger partial charge in [-0.2, -0.15) is 0 Å². The molecule has 0 aromatic heterocycles. The Balaban J connectivity index is 4.34. The topological polar surface area (TPSA) is 46.6 Å². The molecule has 0 bridgehead atoms. The number of carbonyl (C=O) groups is 2. The number of likely N-dealkylation sites (N-methyl/N-ethyl adjacent to an activating group) is 1. The fraction of sp³-hybridized carbons (Fsp3) is 0.818. The van der Waals surface area contributed by atoms with Crippen molar-refractivity contribution in [2.45, 2.75) is 52.2 Å². The Morgan fingerprint density at radius 3 is 2.33 bits per heavy atom. The number of amides is 1. The van der Waals surface area contributed by atoms with Crippen LogP contribution in [0.1, 0.15) is 40.5 Å². The lowest BCUT2D eigenvalue weighted by Gasteiger charge is -2.27. The average molecular weight is 215 g/mol. The van der Waals surface area contributed by atoms with Crippen LogP contribution in [-0.4, -0.2) is 36.0 Å². The third kappa shape index (κ3) is 5.40. The summed E-state index contributed by atoms with van der Waals surface area (Å²) in [6, 6.07) is -0.384. The molecule has 0 heterocycles. The fourth-order valence-corrected chi connectivity index (χ4v) is 1.12. The van der Waals surface area contributed by atoms with E-state index in [0.29, 0.717) is 6.42 Å². The number of hydrogen-bond donors (Lipinski definition) is 0. The third-order valence-electron chi connectivity index (χ3n) is 1.92. The van der Waals surface area contributed by atoms with Gasteiger partial charge in [0.15, 0.2) is 0 Å². The first-order chi connectivity index (χ1) is 6.81. The highest BCUT2D eigenvalue weighted by Gasteiger charge is 2.24. The number of rotatable bonds is 4. The first-order valence-electron chi connectivity index (χ1n) is 5.23. The first-order valence-corrected chi connectivity index (χ1v) is 5.23. The van der Waals surface area contributed by atoms with Crippen LogP contribution in [-0.2, 0) is 9.53 Å². The van der Waals surface area contributed by atoms with Gasteiger partial charge < -0.3 is 14.4 Å². The maximum atomic E-state index is 11.6. The molecule has 0 N–H and O–H groups in total. The zero-order chi connectivity index (χ0) is 12.1. The molecule has 15 heavy (non-hydrogen) atoms. The third-order valence-corrected chi connectivity index (χ3v) is 1.92. The van der Waals surface area contributed by atoms with Crippen LogP contribution in [0.2, 0.25) is 0 Å². The van der Waals surface area contributed by atoms with Gasteiger partial charge in [0, 0.05) is 7.05 Å². The molecule has 88 valence electrons. The minimum atomic E-state index is -0.523. The quantitative estimate of drug-likeness (QED) is 0.675. The first kappa shape index (κ1) is 13.9. The minimum absolute atomic E-state index is 0.384. The van der Waals surface area contributed by atoms with Crippen molar-refractivity contribution < 1.29 is 14.3 Å². The fourth-order valence-electron chi connectivity index (χ4n) is 1.12. The lowest BCUT2D eigenvalue weighted by molar-refractivity contribution is -0.112. The number of hydrogen-bond acceptors (Lipinski definition) is 3. The van der Waals surface area contributed by atoms with E-state index in [4.69, 9.17) is 4.74 Å². The van der Waals surface area contributed by atoms with Gasteiger partial charge >= 0.3 is 6.09 Å². The van der Waals surface area contributed by atoms with Gasteiger partial charge in [-0.1, -0.05) is 13.3 Å². The molecular formula is C11H21NO3. The number of carbonyl (C=O) groups excluding carboxylic acids is 2. The van der Waals surface area contributed by atoms with Crippen molar-refractivity contribution in [1.82, 2.24) is 4.90 Å². The van der Waals surface area contributed by atoms with Crippen molar-refractivity contribution in [3.63, 3.8) is 0 Å². The molecule has 0 aliphatic carbocycles. The Morgan fingerprint density at radius 2 is 2.00 bits per heavy atom. The molecule has 0 aromatic carbocycles. The van der Waals surface area contributed by atoms with Gasteiger partial charge in [-0.15, -0.1) is 0 Å². The second-order valence-electron chi connectivity index (χ2n) is 4.58. The number of aldehydes is 1. The summed E-state index contributed by atoms with van der Waals surface area (Å²) in [6.45, 7) is 7.37. The molecule has 0 aromatic rings. The Kier molecular flexibility index (Phi) is 5.33. The van der Waals surface area contributed by atoms with E-state index in [9.17, 15) is 9.59 Å². The van der Waals surface area contributed by atoms with Crippen LogP contribution in [0.5, 0.6) is 0 Å². The highest BCUT2D eigenvalue weighted by molar-refractivity contribution is 5.73. The molecule has 0 rings (SSSR count). The number of nitrogens with zero attached hydrogens (tertiary/aromatic N) is 1. The maximum absolute atomic E-state index is 11.6. The van der Waals surface area contributed by atoms with Gasteiger partial charge in [0.2, 0.25) is 0 Å². The van der Waals surface area contributed by atoms with E-state index in [0.717, 1.165) is 12.7 Å². The van der Waals surface area contributed by atoms with Crippen LogP contribution in [0.25, 0.3) is 0 Å². The predicted octanol–water partition coefficient (Wildman–Crippen LogP) is 2.22. The maximum Gasteiger partial charge on any atom is 0.410 e. The average Bonchev–Trinajstić information content (AvgIpc) is 2.10. The van der Waals surface area contributed by atoms with Crippen molar-refractivity contribution in [2.75, 3.05) is 7.05 Å². The molecule has 0 saturated heterocycles. The van der Waals surface area contributed by atoms with Crippen molar-refractivity contribution in [1.29, 1.82) is 0 Å². The van der Waals surface area contributed by atoms with Crippen molar-refractivity contribution in [3.8, 4) is 0 Å². The summed E-state index contributed by atoms with van der Waals surface area (Å²) in [6.07, 6.45) is 1.86. The van der Waals surface area contributed by atoms with Crippen LogP contribution in [0.3, 0.4) is 0 Å². The largest absolute Gasteiger partial charge is 0.444 e. The molecule has 1 amide bonds. The summed E-state index contributed by atoms with van der Waals surface area (Å²) < 4.78 is 5.16. The molecule has 0 radical (unpaired) electrons. The second kappa shape index (κ2) is 5.73.